The molecule has 0 aliphatic carbocycles. The molecule has 1 aromatic carbocycles. The summed E-state index contributed by atoms with van der Waals surface area (Å²) < 4.78 is 0. The van der Waals surface area contributed by atoms with Gasteiger partial charge in [-0.15, -0.1) is 0 Å². The average molecular weight is 286 g/mol. The zero-order valence-corrected chi connectivity index (χ0v) is 12.0. The number of carboxylic acids is 1. The normalized spacial score (nSPS) is 13.6. The van der Waals surface area contributed by atoms with Crippen LogP contribution in [0.15, 0.2) is 36.5 Å². The molecule has 0 aliphatic rings. The van der Waals surface area contributed by atoms with Gasteiger partial charge >= 0.3 is 5.97 Å². The lowest BCUT2D eigenvalue weighted by molar-refractivity contribution is -0.140. The Morgan fingerprint density at radius 2 is 2.05 bits per heavy atom. The highest BCUT2D eigenvalue weighted by Crippen LogP contribution is 2.14. The molecule has 1 amide bonds. The molecule has 2 rings (SSSR count). The number of carbonyl (C=O) groups is 2. The maximum absolute atomic E-state index is 12.2. The number of nitrogens with one attached hydrogen (secondary N) is 1. The van der Waals surface area contributed by atoms with Gasteiger partial charge in [0, 0.05) is 11.6 Å². The molecule has 0 spiro atoms. The summed E-state index contributed by atoms with van der Waals surface area (Å²) in [5.74, 6) is -1.58. The van der Waals surface area contributed by atoms with Crippen LogP contribution in [0.2, 0.25) is 0 Å². The summed E-state index contributed by atoms with van der Waals surface area (Å²) in [6.45, 7) is 3.70. The van der Waals surface area contributed by atoms with E-state index in [1.165, 1.54) is 6.20 Å². The Morgan fingerprint density at radius 3 is 2.71 bits per heavy atom. The first-order chi connectivity index (χ1) is 10.0. The molecule has 0 aliphatic heterocycles. The molecule has 2 aromatic rings. The van der Waals surface area contributed by atoms with Crippen LogP contribution in [0.3, 0.4) is 0 Å². The van der Waals surface area contributed by atoms with E-state index < -0.39 is 17.9 Å². The van der Waals surface area contributed by atoms with Gasteiger partial charge in [0.1, 0.15) is 6.04 Å². The van der Waals surface area contributed by atoms with Gasteiger partial charge in [-0.2, -0.15) is 0 Å². The van der Waals surface area contributed by atoms with Gasteiger partial charge in [-0.3, -0.25) is 9.78 Å². The van der Waals surface area contributed by atoms with Crippen LogP contribution < -0.4 is 5.32 Å². The highest BCUT2D eigenvalue weighted by atomic mass is 16.4. The predicted octanol–water partition coefficient (Wildman–Crippen LogP) is 2.46. The van der Waals surface area contributed by atoms with Crippen LogP contribution in [0.5, 0.6) is 0 Å². The van der Waals surface area contributed by atoms with E-state index in [0.717, 1.165) is 10.9 Å². The van der Waals surface area contributed by atoms with Gasteiger partial charge in [-0.05, 0) is 18.1 Å². The number of hydrogen-bond donors (Lipinski definition) is 2. The van der Waals surface area contributed by atoms with Crippen molar-refractivity contribution in [3.8, 4) is 0 Å². The summed E-state index contributed by atoms with van der Waals surface area (Å²) in [6.07, 6.45) is 2.14. The Morgan fingerprint density at radius 1 is 1.33 bits per heavy atom. The summed E-state index contributed by atoms with van der Waals surface area (Å²) in [7, 11) is 0. The Balaban J connectivity index is 2.23. The summed E-state index contributed by atoms with van der Waals surface area (Å²) in [6, 6.07) is 8.28. The molecule has 110 valence electrons. The summed E-state index contributed by atoms with van der Waals surface area (Å²) in [5, 5.41) is 12.6. The average Bonchev–Trinajstić information content (AvgIpc) is 2.50. The third kappa shape index (κ3) is 3.37. The fourth-order valence-corrected chi connectivity index (χ4v) is 2.10. The van der Waals surface area contributed by atoms with Crippen molar-refractivity contribution in [3.05, 3.63) is 42.1 Å². The number of aliphatic carboxylic acids is 1. The molecule has 5 heteroatoms. The number of carboxylic acid groups (broad SMARTS) is 1. The molecule has 21 heavy (non-hydrogen) atoms. The van der Waals surface area contributed by atoms with Crippen LogP contribution in [0.4, 0.5) is 0 Å². The number of benzene rings is 1. The second-order valence-corrected chi connectivity index (χ2v) is 5.09. The number of amides is 1. The third-order valence-corrected chi connectivity index (χ3v) is 3.62. The van der Waals surface area contributed by atoms with E-state index in [2.05, 4.69) is 10.3 Å². The molecule has 1 heterocycles. The topological polar surface area (TPSA) is 79.3 Å². The Labute approximate surface area is 123 Å². The van der Waals surface area contributed by atoms with Crippen molar-refractivity contribution in [2.75, 3.05) is 0 Å². The predicted molar refractivity (Wildman–Crippen MR) is 80.1 cm³/mol. The number of fused-ring (bicyclic) bond motifs is 1. The van der Waals surface area contributed by atoms with Gasteiger partial charge in [0.2, 0.25) is 0 Å². The highest BCUT2D eigenvalue weighted by molar-refractivity contribution is 5.99. The maximum atomic E-state index is 12.2. The van der Waals surface area contributed by atoms with Crippen molar-refractivity contribution < 1.29 is 14.7 Å². The third-order valence-electron chi connectivity index (χ3n) is 3.62. The van der Waals surface area contributed by atoms with Crippen LogP contribution >= 0.6 is 0 Å². The standard InChI is InChI=1S/C16H18N2O3/c1-3-10(2)14(16(20)21)18-15(19)12-8-11-6-4-5-7-13(11)17-9-12/h4-10,14H,3H2,1-2H3,(H,18,19)(H,20,21)/t10-,14-/m1/s1. The van der Waals surface area contributed by atoms with E-state index in [9.17, 15) is 14.7 Å². The van der Waals surface area contributed by atoms with Crippen molar-refractivity contribution in [1.29, 1.82) is 0 Å². The van der Waals surface area contributed by atoms with E-state index in [4.69, 9.17) is 0 Å². The lowest BCUT2D eigenvalue weighted by atomic mass is 9.99. The number of para-hydroxylation sites is 1. The summed E-state index contributed by atoms with van der Waals surface area (Å²) in [4.78, 5) is 27.7. The van der Waals surface area contributed by atoms with Crippen LogP contribution in [0, 0.1) is 5.92 Å². The fraction of sp³-hybridized carbons (Fsp3) is 0.312. The van der Waals surface area contributed by atoms with Crippen LogP contribution in [0.1, 0.15) is 30.6 Å². The van der Waals surface area contributed by atoms with E-state index in [1.54, 1.807) is 13.0 Å². The number of aromatic nitrogens is 1. The lowest BCUT2D eigenvalue weighted by Crippen LogP contribution is -2.45. The molecule has 0 saturated heterocycles. The zero-order chi connectivity index (χ0) is 15.4. The maximum Gasteiger partial charge on any atom is 0.326 e. The second kappa shape index (κ2) is 6.35. The van der Waals surface area contributed by atoms with Gasteiger partial charge in [0.15, 0.2) is 0 Å². The number of nitrogens with zero attached hydrogens (tertiary/aromatic N) is 1. The van der Waals surface area contributed by atoms with Gasteiger partial charge < -0.3 is 10.4 Å². The molecule has 0 bridgehead atoms. The van der Waals surface area contributed by atoms with Crippen molar-refractivity contribution in [3.63, 3.8) is 0 Å². The second-order valence-electron chi connectivity index (χ2n) is 5.09. The Hall–Kier alpha value is -2.43. The van der Waals surface area contributed by atoms with E-state index in [0.29, 0.717) is 12.0 Å². The zero-order valence-electron chi connectivity index (χ0n) is 12.0. The van der Waals surface area contributed by atoms with E-state index in [1.807, 2.05) is 31.2 Å². The van der Waals surface area contributed by atoms with Crippen molar-refractivity contribution in [2.45, 2.75) is 26.3 Å². The first kappa shape index (κ1) is 15.0. The quantitative estimate of drug-likeness (QED) is 0.885. The minimum absolute atomic E-state index is 0.139. The smallest absolute Gasteiger partial charge is 0.326 e. The first-order valence-corrected chi connectivity index (χ1v) is 6.91. The molecule has 0 radical (unpaired) electrons. The minimum atomic E-state index is -1.02. The lowest BCUT2D eigenvalue weighted by Gasteiger charge is -2.20. The SMILES string of the molecule is CC[C@@H](C)[C@@H](NC(=O)c1cnc2ccccc2c1)C(=O)O. The molecule has 0 saturated carbocycles. The van der Waals surface area contributed by atoms with Crippen molar-refractivity contribution in [2.24, 2.45) is 5.92 Å². The van der Waals surface area contributed by atoms with Crippen LogP contribution in [0.25, 0.3) is 10.9 Å². The van der Waals surface area contributed by atoms with Crippen LogP contribution in [-0.4, -0.2) is 28.0 Å². The molecule has 2 atom stereocenters. The number of rotatable bonds is 5. The van der Waals surface area contributed by atoms with Crippen molar-refractivity contribution in [1.82, 2.24) is 10.3 Å². The molecule has 1 aromatic heterocycles. The monoisotopic (exact) mass is 286 g/mol. The molecular formula is C16H18N2O3. The number of hydrogen-bond acceptors (Lipinski definition) is 3. The van der Waals surface area contributed by atoms with Gasteiger partial charge in [0.05, 0.1) is 11.1 Å². The summed E-state index contributed by atoms with van der Waals surface area (Å²) >= 11 is 0. The molecule has 5 nitrogen and oxygen atoms in total. The van der Waals surface area contributed by atoms with Crippen molar-refractivity contribution >= 4 is 22.8 Å². The van der Waals surface area contributed by atoms with Gasteiger partial charge in [-0.25, -0.2) is 4.79 Å². The number of pyridine rings is 1. The van der Waals surface area contributed by atoms with E-state index in [-0.39, 0.29) is 5.92 Å². The largest absolute Gasteiger partial charge is 0.480 e. The van der Waals surface area contributed by atoms with Gasteiger partial charge in [-0.1, -0.05) is 38.5 Å². The highest BCUT2D eigenvalue weighted by Gasteiger charge is 2.25. The molecule has 0 unspecified atom stereocenters. The molecular weight excluding hydrogens is 268 g/mol. The fourth-order valence-electron chi connectivity index (χ4n) is 2.10. The molecule has 0 fully saturated rings. The van der Waals surface area contributed by atoms with Gasteiger partial charge in [0.25, 0.3) is 5.91 Å². The van der Waals surface area contributed by atoms with Crippen LogP contribution in [-0.2, 0) is 4.79 Å². The summed E-state index contributed by atoms with van der Waals surface area (Å²) in [5.41, 5.74) is 1.16. The minimum Gasteiger partial charge on any atom is -0.480 e. The molecule has 2 N–H and O–H groups in total. The first-order valence-electron chi connectivity index (χ1n) is 6.91. The Bertz CT molecular complexity index is 669. The Kier molecular flexibility index (Phi) is 4.52. The number of carbonyl (C=O) groups excluding carboxylic acids is 1. The van der Waals surface area contributed by atoms with E-state index >= 15 is 0 Å².